The fourth-order valence-electron chi connectivity index (χ4n) is 3.12. The van der Waals surface area contributed by atoms with E-state index in [-0.39, 0.29) is 11.9 Å². The Labute approximate surface area is 168 Å². The van der Waals surface area contributed by atoms with Crippen molar-refractivity contribution >= 4 is 23.6 Å². The highest BCUT2D eigenvalue weighted by Gasteiger charge is 2.26. The van der Waals surface area contributed by atoms with Gasteiger partial charge in [0.05, 0.1) is 6.04 Å². The van der Waals surface area contributed by atoms with Gasteiger partial charge in [-0.25, -0.2) is 9.18 Å². The molecular formula is C20H23ClFN3O3. The van der Waals surface area contributed by atoms with Gasteiger partial charge in [0.2, 0.25) is 0 Å². The first-order valence-corrected chi connectivity index (χ1v) is 9.44. The Morgan fingerprint density at radius 3 is 2.86 bits per heavy atom. The zero-order chi connectivity index (χ0) is 20.5. The summed E-state index contributed by atoms with van der Waals surface area (Å²) < 4.78 is 21.3. The Morgan fingerprint density at radius 1 is 1.39 bits per heavy atom. The number of nitrogens with zero attached hydrogens (tertiary/aromatic N) is 1. The minimum atomic E-state index is -0.563. The summed E-state index contributed by atoms with van der Waals surface area (Å²) in [6.45, 7) is 6.20. The van der Waals surface area contributed by atoms with Gasteiger partial charge in [-0.2, -0.15) is 0 Å². The molecule has 1 aliphatic heterocycles. The molecular weight excluding hydrogens is 385 g/mol. The molecule has 28 heavy (non-hydrogen) atoms. The monoisotopic (exact) mass is 407 g/mol. The molecule has 3 rings (SSSR count). The fraction of sp³-hybridized carbons (Fsp3) is 0.400. The van der Waals surface area contributed by atoms with Gasteiger partial charge in [0.15, 0.2) is 0 Å². The summed E-state index contributed by atoms with van der Waals surface area (Å²) in [5.74, 6) is -0.624. The van der Waals surface area contributed by atoms with Crippen LogP contribution in [0, 0.1) is 5.82 Å². The van der Waals surface area contributed by atoms with Crippen LogP contribution in [-0.2, 0) is 4.74 Å². The van der Waals surface area contributed by atoms with Crippen molar-refractivity contribution in [2.45, 2.75) is 38.8 Å². The Bertz CT molecular complexity index is 905. The van der Waals surface area contributed by atoms with Crippen molar-refractivity contribution < 1.29 is 18.7 Å². The van der Waals surface area contributed by atoms with Crippen LogP contribution in [0.4, 0.5) is 9.18 Å². The molecule has 0 spiro atoms. The van der Waals surface area contributed by atoms with Crippen molar-refractivity contribution in [3.05, 3.63) is 47.0 Å². The molecule has 2 N–H and O–H groups in total. The number of hydrogen-bond donors (Lipinski definition) is 2. The minimum Gasteiger partial charge on any atom is -0.444 e. The first-order chi connectivity index (χ1) is 13.1. The second-order valence-electron chi connectivity index (χ2n) is 7.73. The van der Waals surface area contributed by atoms with Crippen molar-refractivity contribution in [1.29, 1.82) is 0 Å². The summed E-state index contributed by atoms with van der Waals surface area (Å²) in [6.07, 6.45) is 1.85. The lowest BCUT2D eigenvalue weighted by Gasteiger charge is -2.27. The van der Waals surface area contributed by atoms with Gasteiger partial charge in [-0.05, 0) is 51.5 Å². The molecule has 1 aromatic carbocycles. The molecule has 6 nitrogen and oxygen atoms in total. The maximum atomic E-state index is 14.2. The average Bonchev–Trinajstić information content (AvgIpc) is 3.03. The third-order valence-corrected chi connectivity index (χ3v) is 4.59. The molecule has 0 saturated heterocycles. The van der Waals surface area contributed by atoms with Crippen molar-refractivity contribution in [3.63, 3.8) is 0 Å². The highest BCUT2D eigenvalue weighted by Crippen LogP contribution is 2.31. The number of halogens is 2. The van der Waals surface area contributed by atoms with Crippen molar-refractivity contribution in [2.75, 3.05) is 13.1 Å². The van der Waals surface area contributed by atoms with E-state index in [1.165, 1.54) is 18.2 Å². The maximum absolute atomic E-state index is 14.2. The normalized spacial score (nSPS) is 16.3. The molecule has 2 heterocycles. The van der Waals surface area contributed by atoms with E-state index in [2.05, 4.69) is 10.6 Å². The van der Waals surface area contributed by atoms with E-state index in [0.29, 0.717) is 41.4 Å². The number of hydrogen-bond acceptors (Lipinski definition) is 3. The number of carbonyl (C=O) groups is 2. The number of ether oxygens (including phenoxy) is 1. The van der Waals surface area contributed by atoms with Crippen LogP contribution >= 0.6 is 11.6 Å². The third-order valence-electron chi connectivity index (χ3n) is 4.36. The fourth-order valence-corrected chi connectivity index (χ4v) is 3.30. The lowest BCUT2D eigenvalue weighted by Crippen LogP contribution is -2.40. The van der Waals surface area contributed by atoms with Gasteiger partial charge in [0, 0.05) is 35.4 Å². The smallest absolute Gasteiger partial charge is 0.407 e. The van der Waals surface area contributed by atoms with E-state index in [4.69, 9.17) is 16.3 Å². The van der Waals surface area contributed by atoms with E-state index in [9.17, 15) is 14.0 Å². The standard InChI is InChI=1S/C20H23ClFN3O3/c1-20(2,3)28-19(27)23-7-6-14-10-24-18(26)17-8-12(11-25(14)17)15-9-13(21)4-5-16(15)22/h4-5,8-9,11,14H,6-7,10H2,1-3H3,(H,23,27)(H,24,26). The van der Waals surface area contributed by atoms with Gasteiger partial charge >= 0.3 is 6.09 Å². The molecule has 1 aromatic heterocycles. The molecule has 0 saturated carbocycles. The summed E-state index contributed by atoms with van der Waals surface area (Å²) in [6, 6.07) is 5.90. The summed E-state index contributed by atoms with van der Waals surface area (Å²) in [7, 11) is 0. The van der Waals surface area contributed by atoms with Gasteiger partial charge in [-0.15, -0.1) is 0 Å². The van der Waals surface area contributed by atoms with E-state index in [0.717, 1.165) is 0 Å². The molecule has 1 unspecified atom stereocenters. The van der Waals surface area contributed by atoms with Gasteiger partial charge in [0.25, 0.3) is 5.91 Å². The number of fused-ring (bicyclic) bond motifs is 1. The summed E-state index contributed by atoms with van der Waals surface area (Å²) in [4.78, 5) is 24.0. The quantitative estimate of drug-likeness (QED) is 0.799. The average molecular weight is 408 g/mol. The zero-order valence-corrected chi connectivity index (χ0v) is 16.8. The number of amides is 2. The van der Waals surface area contributed by atoms with Gasteiger partial charge in [-0.3, -0.25) is 4.79 Å². The topological polar surface area (TPSA) is 72.4 Å². The SMILES string of the molecule is CC(C)(C)OC(=O)NCCC1CNC(=O)c2cc(-c3cc(Cl)ccc3F)cn21. The number of alkyl carbamates (subject to hydrolysis) is 1. The highest BCUT2D eigenvalue weighted by molar-refractivity contribution is 6.30. The molecule has 0 aliphatic carbocycles. The third kappa shape index (κ3) is 4.65. The van der Waals surface area contributed by atoms with E-state index >= 15 is 0 Å². The van der Waals surface area contributed by atoms with Crippen LogP contribution in [0.2, 0.25) is 5.02 Å². The van der Waals surface area contributed by atoms with Crippen LogP contribution in [-0.4, -0.2) is 35.3 Å². The molecule has 150 valence electrons. The Morgan fingerprint density at radius 2 is 2.14 bits per heavy atom. The number of nitrogens with one attached hydrogen (secondary N) is 2. The van der Waals surface area contributed by atoms with Gasteiger partial charge in [-0.1, -0.05) is 11.6 Å². The Hall–Kier alpha value is -2.54. The second kappa shape index (κ2) is 7.83. The predicted octanol–water partition coefficient (Wildman–Crippen LogP) is 4.15. The molecule has 2 aromatic rings. The maximum Gasteiger partial charge on any atom is 0.407 e. The van der Waals surface area contributed by atoms with E-state index < -0.39 is 17.5 Å². The van der Waals surface area contributed by atoms with Crippen LogP contribution in [0.3, 0.4) is 0 Å². The minimum absolute atomic E-state index is 0.0707. The van der Waals surface area contributed by atoms with Crippen LogP contribution in [0.5, 0.6) is 0 Å². The largest absolute Gasteiger partial charge is 0.444 e. The van der Waals surface area contributed by atoms with Crippen LogP contribution in [0.1, 0.15) is 43.7 Å². The number of aromatic nitrogens is 1. The Kier molecular flexibility index (Phi) is 5.65. The molecule has 0 radical (unpaired) electrons. The predicted molar refractivity (Wildman–Crippen MR) is 105 cm³/mol. The van der Waals surface area contributed by atoms with Crippen LogP contribution in [0.25, 0.3) is 11.1 Å². The van der Waals surface area contributed by atoms with E-state index in [1.807, 2.05) is 4.57 Å². The number of carbonyl (C=O) groups excluding carboxylic acids is 2. The van der Waals surface area contributed by atoms with Gasteiger partial charge < -0.3 is 19.9 Å². The second-order valence-corrected chi connectivity index (χ2v) is 8.16. The lowest BCUT2D eigenvalue weighted by molar-refractivity contribution is 0.0523. The molecule has 0 bridgehead atoms. The summed E-state index contributed by atoms with van der Waals surface area (Å²) >= 11 is 5.99. The van der Waals surface area contributed by atoms with Crippen molar-refractivity contribution in [1.82, 2.24) is 15.2 Å². The van der Waals surface area contributed by atoms with Gasteiger partial charge in [0.1, 0.15) is 17.1 Å². The number of rotatable bonds is 4. The first-order valence-electron chi connectivity index (χ1n) is 9.06. The molecule has 1 atom stereocenters. The molecule has 2 amide bonds. The first kappa shape index (κ1) is 20.2. The molecule has 1 aliphatic rings. The Balaban J connectivity index is 1.75. The van der Waals surface area contributed by atoms with Crippen LogP contribution in [0.15, 0.2) is 30.5 Å². The summed E-state index contributed by atoms with van der Waals surface area (Å²) in [5, 5.41) is 5.97. The molecule has 0 fully saturated rings. The zero-order valence-electron chi connectivity index (χ0n) is 16.0. The van der Waals surface area contributed by atoms with E-state index in [1.54, 1.807) is 33.0 Å². The highest BCUT2D eigenvalue weighted by atomic mass is 35.5. The lowest BCUT2D eigenvalue weighted by atomic mass is 10.1. The summed E-state index contributed by atoms with van der Waals surface area (Å²) in [5.41, 5.74) is 0.805. The number of benzene rings is 1. The van der Waals surface area contributed by atoms with Crippen molar-refractivity contribution in [2.24, 2.45) is 0 Å². The van der Waals surface area contributed by atoms with Crippen LogP contribution < -0.4 is 10.6 Å². The molecule has 8 heteroatoms. The van der Waals surface area contributed by atoms with Crippen molar-refractivity contribution in [3.8, 4) is 11.1 Å².